The van der Waals surface area contributed by atoms with E-state index in [2.05, 4.69) is 41.0 Å². The third-order valence-electron chi connectivity index (χ3n) is 4.83. The van der Waals surface area contributed by atoms with E-state index in [0.717, 1.165) is 70.7 Å². The number of hydrogen-bond donors (Lipinski definition) is 3. The molecule has 5 nitrogen and oxygen atoms in total. The highest BCUT2D eigenvalue weighted by atomic mass is 16.3. The first-order chi connectivity index (χ1) is 11.0. The van der Waals surface area contributed by atoms with Crippen molar-refractivity contribution in [3.63, 3.8) is 0 Å². The SMILES string of the molecule is C=C(C)CN1CCC(NC(=NCC2(O)CCCC2)NCC)CC1. The van der Waals surface area contributed by atoms with Gasteiger partial charge in [0.15, 0.2) is 5.96 Å². The molecule has 0 atom stereocenters. The number of hydrogen-bond acceptors (Lipinski definition) is 3. The summed E-state index contributed by atoms with van der Waals surface area (Å²) in [4.78, 5) is 7.11. The molecule has 132 valence electrons. The fourth-order valence-corrected chi connectivity index (χ4v) is 3.55. The molecule has 0 spiro atoms. The van der Waals surface area contributed by atoms with Crippen LogP contribution in [0.5, 0.6) is 0 Å². The molecule has 1 aliphatic heterocycles. The Morgan fingerprint density at radius 3 is 2.52 bits per heavy atom. The second-order valence-corrected chi connectivity index (χ2v) is 7.28. The fraction of sp³-hybridized carbons (Fsp3) is 0.833. The van der Waals surface area contributed by atoms with Gasteiger partial charge in [0.2, 0.25) is 0 Å². The zero-order valence-corrected chi connectivity index (χ0v) is 14.9. The standard InChI is InChI=1S/C18H34N4O/c1-4-19-17(20-14-18(23)9-5-6-10-18)21-16-7-11-22(12-8-16)13-15(2)3/h16,23H,2,4-14H2,1,3H3,(H2,19,20,21). The van der Waals surface area contributed by atoms with Gasteiger partial charge in [0.1, 0.15) is 0 Å². The van der Waals surface area contributed by atoms with Crippen molar-refractivity contribution in [2.24, 2.45) is 4.99 Å². The van der Waals surface area contributed by atoms with Crippen LogP contribution < -0.4 is 10.6 Å². The molecule has 0 unspecified atom stereocenters. The summed E-state index contributed by atoms with van der Waals surface area (Å²) in [7, 11) is 0. The molecule has 5 heteroatoms. The second-order valence-electron chi connectivity index (χ2n) is 7.28. The Balaban J connectivity index is 1.81. The van der Waals surface area contributed by atoms with E-state index in [-0.39, 0.29) is 0 Å². The van der Waals surface area contributed by atoms with Crippen LogP contribution in [0.3, 0.4) is 0 Å². The molecule has 0 amide bonds. The monoisotopic (exact) mass is 322 g/mol. The summed E-state index contributed by atoms with van der Waals surface area (Å²) in [5.74, 6) is 0.853. The molecule has 0 bridgehead atoms. The van der Waals surface area contributed by atoms with E-state index in [1.165, 1.54) is 5.57 Å². The van der Waals surface area contributed by atoms with Crippen LogP contribution in [0.4, 0.5) is 0 Å². The molecule has 0 radical (unpaired) electrons. The van der Waals surface area contributed by atoms with Crippen molar-refractivity contribution in [1.29, 1.82) is 0 Å². The van der Waals surface area contributed by atoms with Crippen molar-refractivity contribution in [2.75, 3.05) is 32.7 Å². The number of likely N-dealkylation sites (tertiary alicyclic amines) is 1. The van der Waals surface area contributed by atoms with E-state index in [4.69, 9.17) is 0 Å². The van der Waals surface area contributed by atoms with Gasteiger partial charge in [-0.2, -0.15) is 0 Å². The van der Waals surface area contributed by atoms with Crippen LogP contribution in [0.2, 0.25) is 0 Å². The Bertz CT molecular complexity index is 407. The summed E-state index contributed by atoms with van der Waals surface area (Å²) >= 11 is 0. The molecule has 3 N–H and O–H groups in total. The van der Waals surface area contributed by atoms with Crippen molar-refractivity contribution in [3.05, 3.63) is 12.2 Å². The first-order valence-corrected chi connectivity index (χ1v) is 9.15. The molecule has 0 aromatic carbocycles. The van der Waals surface area contributed by atoms with Crippen LogP contribution >= 0.6 is 0 Å². The molecule has 23 heavy (non-hydrogen) atoms. The summed E-state index contributed by atoms with van der Waals surface area (Å²) < 4.78 is 0. The number of guanidine groups is 1. The van der Waals surface area contributed by atoms with E-state index in [0.29, 0.717) is 12.6 Å². The highest BCUT2D eigenvalue weighted by Gasteiger charge is 2.31. The normalized spacial score (nSPS) is 23.0. The topological polar surface area (TPSA) is 59.9 Å². The smallest absolute Gasteiger partial charge is 0.191 e. The van der Waals surface area contributed by atoms with Crippen LogP contribution in [-0.4, -0.2) is 60.3 Å². The summed E-state index contributed by atoms with van der Waals surface area (Å²) in [6, 6.07) is 0.465. The lowest BCUT2D eigenvalue weighted by Gasteiger charge is -2.33. The average molecular weight is 322 g/mol. The molecule has 0 aromatic heterocycles. The highest BCUT2D eigenvalue weighted by Crippen LogP contribution is 2.29. The van der Waals surface area contributed by atoms with Gasteiger partial charge in [0, 0.05) is 32.2 Å². The molecule has 1 saturated heterocycles. The third-order valence-corrected chi connectivity index (χ3v) is 4.83. The number of rotatable bonds is 6. The molecule has 0 aromatic rings. The molecule has 1 aliphatic carbocycles. The van der Waals surface area contributed by atoms with Gasteiger partial charge in [-0.3, -0.25) is 9.89 Å². The predicted molar refractivity (Wildman–Crippen MR) is 96.8 cm³/mol. The van der Waals surface area contributed by atoms with Gasteiger partial charge in [0.25, 0.3) is 0 Å². The fourth-order valence-electron chi connectivity index (χ4n) is 3.55. The third kappa shape index (κ3) is 6.15. The van der Waals surface area contributed by atoms with Gasteiger partial charge in [-0.25, -0.2) is 0 Å². The van der Waals surface area contributed by atoms with Crippen LogP contribution in [0.25, 0.3) is 0 Å². The maximum absolute atomic E-state index is 10.5. The molecule has 2 rings (SSSR count). The average Bonchev–Trinajstić information content (AvgIpc) is 2.94. The minimum atomic E-state index is -0.576. The van der Waals surface area contributed by atoms with Gasteiger partial charge in [0.05, 0.1) is 12.1 Å². The summed E-state index contributed by atoms with van der Waals surface area (Å²) in [6.07, 6.45) is 6.27. The lowest BCUT2D eigenvalue weighted by Crippen LogP contribution is -2.49. The zero-order valence-electron chi connectivity index (χ0n) is 14.9. The summed E-state index contributed by atoms with van der Waals surface area (Å²) in [6.45, 7) is 12.7. The van der Waals surface area contributed by atoms with Crippen molar-refractivity contribution in [3.8, 4) is 0 Å². The van der Waals surface area contributed by atoms with Gasteiger partial charge in [-0.05, 0) is 39.5 Å². The zero-order chi connectivity index (χ0) is 16.7. The lowest BCUT2D eigenvalue weighted by molar-refractivity contribution is 0.0574. The minimum absolute atomic E-state index is 0.465. The maximum Gasteiger partial charge on any atom is 0.191 e. The van der Waals surface area contributed by atoms with E-state index in [1.54, 1.807) is 0 Å². The van der Waals surface area contributed by atoms with E-state index >= 15 is 0 Å². The first-order valence-electron chi connectivity index (χ1n) is 9.15. The summed E-state index contributed by atoms with van der Waals surface area (Å²) in [5.41, 5.74) is 0.656. The number of piperidine rings is 1. The van der Waals surface area contributed by atoms with E-state index < -0.39 is 5.60 Å². The van der Waals surface area contributed by atoms with Crippen molar-refractivity contribution < 1.29 is 5.11 Å². The quantitative estimate of drug-likeness (QED) is 0.397. The Morgan fingerprint density at radius 1 is 1.30 bits per heavy atom. The Labute approximate surface area is 141 Å². The number of nitrogens with one attached hydrogen (secondary N) is 2. The number of aliphatic hydroxyl groups is 1. The number of nitrogens with zero attached hydrogens (tertiary/aromatic N) is 2. The molecule has 1 heterocycles. The highest BCUT2D eigenvalue weighted by molar-refractivity contribution is 5.80. The first kappa shape index (κ1) is 18.3. The van der Waals surface area contributed by atoms with E-state index in [9.17, 15) is 5.11 Å². The van der Waals surface area contributed by atoms with Crippen LogP contribution in [0.15, 0.2) is 17.1 Å². The largest absolute Gasteiger partial charge is 0.388 e. The van der Waals surface area contributed by atoms with Crippen molar-refractivity contribution in [1.82, 2.24) is 15.5 Å². The van der Waals surface area contributed by atoms with Gasteiger partial charge in [-0.1, -0.05) is 25.0 Å². The Morgan fingerprint density at radius 2 is 1.96 bits per heavy atom. The summed E-state index contributed by atoms with van der Waals surface area (Å²) in [5, 5.41) is 17.3. The lowest BCUT2D eigenvalue weighted by atomic mass is 10.0. The predicted octanol–water partition coefficient (Wildman–Crippen LogP) is 1.89. The van der Waals surface area contributed by atoms with Crippen molar-refractivity contribution in [2.45, 2.75) is 64.0 Å². The molecule has 1 saturated carbocycles. The number of aliphatic imine (C=N–C) groups is 1. The van der Waals surface area contributed by atoms with Crippen LogP contribution in [-0.2, 0) is 0 Å². The van der Waals surface area contributed by atoms with E-state index in [1.807, 2.05) is 0 Å². The maximum atomic E-state index is 10.5. The molecule has 2 fully saturated rings. The second kappa shape index (κ2) is 8.69. The van der Waals surface area contributed by atoms with Gasteiger partial charge < -0.3 is 15.7 Å². The van der Waals surface area contributed by atoms with Crippen molar-refractivity contribution >= 4 is 5.96 Å². The van der Waals surface area contributed by atoms with Crippen LogP contribution in [0.1, 0.15) is 52.4 Å². The molecule has 2 aliphatic rings. The minimum Gasteiger partial charge on any atom is -0.388 e. The molecular formula is C18H34N4O. The van der Waals surface area contributed by atoms with Gasteiger partial charge in [-0.15, -0.1) is 0 Å². The Hall–Kier alpha value is -1.07. The molecular weight excluding hydrogens is 288 g/mol. The van der Waals surface area contributed by atoms with Crippen LogP contribution in [0, 0.1) is 0 Å². The van der Waals surface area contributed by atoms with Gasteiger partial charge >= 0.3 is 0 Å². The Kier molecular flexibility index (Phi) is 6.90.